The van der Waals surface area contributed by atoms with Crippen molar-refractivity contribution in [3.63, 3.8) is 0 Å². The maximum Gasteiger partial charge on any atom is 0.248 e. The summed E-state index contributed by atoms with van der Waals surface area (Å²) in [5.41, 5.74) is 10.7. The van der Waals surface area contributed by atoms with E-state index in [1.54, 1.807) is 0 Å². The Bertz CT molecular complexity index is 398. The molecule has 5 N–H and O–H groups in total. The van der Waals surface area contributed by atoms with Crippen LogP contribution in [0.1, 0.15) is 20.7 Å². The predicted molar refractivity (Wildman–Crippen MR) is 76.7 cm³/mol. The van der Waals surface area contributed by atoms with E-state index in [1.165, 1.54) is 24.3 Å². The van der Waals surface area contributed by atoms with E-state index in [0.717, 1.165) is 13.1 Å². The molecule has 2 amide bonds. The van der Waals surface area contributed by atoms with Crippen molar-refractivity contribution in [3.8, 4) is 0 Å². The van der Waals surface area contributed by atoms with E-state index in [4.69, 9.17) is 11.5 Å². The van der Waals surface area contributed by atoms with Gasteiger partial charge in [0.2, 0.25) is 11.8 Å². The van der Waals surface area contributed by atoms with Crippen molar-refractivity contribution in [1.82, 2.24) is 5.32 Å². The van der Waals surface area contributed by atoms with Gasteiger partial charge in [-0.05, 0) is 24.3 Å². The Morgan fingerprint density at radius 2 is 1.26 bits per heavy atom. The fourth-order valence-electron chi connectivity index (χ4n) is 1.09. The van der Waals surface area contributed by atoms with Gasteiger partial charge in [-0.15, -0.1) is 13.2 Å². The summed E-state index contributed by atoms with van der Waals surface area (Å²) in [5, 5.41) is 3.05. The van der Waals surface area contributed by atoms with Crippen molar-refractivity contribution < 1.29 is 9.59 Å². The molecule has 0 aliphatic rings. The summed E-state index contributed by atoms with van der Waals surface area (Å²) in [5.74, 6) is -1.04. The molecule has 0 saturated carbocycles. The van der Waals surface area contributed by atoms with E-state index in [0.29, 0.717) is 11.1 Å². The molecule has 0 aliphatic heterocycles. The smallest absolute Gasteiger partial charge is 0.248 e. The molecule has 19 heavy (non-hydrogen) atoms. The van der Waals surface area contributed by atoms with Crippen LogP contribution in [0.2, 0.25) is 0 Å². The average molecular weight is 261 g/mol. The van der Waals surface area contributed by atoms with Gasteiger partial charge in [-0.2, -0.15) is 0 Å². The first-order chi connectivity index (χ1) is 9.02. The molecule has 0 heterocycles. The fourth-order valence-corrected chi connectivity index (χ4v) is 1.09. The van der Waals surface area contributed by atoms with E-state index < -0.39 is 11.8 Å². The van der Waals surface area contributed by atoms with Gasteiger partial charge in [0.15, 0.2) is 0 Å². The molecule has 0 unspecified atom stereocenters. The first kappa shape index (κ1) is 16.6. The highest BCUT2D eigenvalue weighted by molar-refractivity contribution is 5.96. The summed E-state index contributed by atoms with van der Waals surface area (Å²) in [6.45, 7) is 8.81. The number of hydrogen-bond acceptors (Lipinski definition) is 3. The van der Waals surface area contributed by atoms with Crippen LogP contribution < -0.4 is 16.8 Å². The molecule has 1 rings (SSSR count). The van der Waals surface area contributed by atoms with Crippen LogP contribution in [0.25, 0.3) is 0 Å². The Morgan fingerprint density at radius 1 is 0.947 bits per heavy atom. The van der Waals surface area contributed by atoms with Crippen LogP contribution in [0.3, 0.4) is 0 Å². The zero-order valence-corrected chi connectivity index (χ0v) is 10.8. The molecule has 1 aromatic rings. The van der Waals surface area contributed by atoms with Gasteiger partial charge in [0.1, 0.15) is 0 Å². The molecule has 5 nitrogen and oxygen atoms in total. The number of amides is 2. The lowest BCUT2D eigenvalue weighted by Crippen LogP contribution is -2.13. The van der Waals surface area contributed by atoms with Gasteiger partial charge < -0.3 is 16.8 Å². The average Bonchev–Trinajstić information content (AvgIpc) is 2.40. The van der Waals surface area contributed by atoms with Crippen molar-refractivity contribution in [2.75, 3.05) is 13.1 Å². The van der Waals surface area contributed by atoms with Crippen molar-refractivity contribution in [1.29, 1.82) is 0 Å². The zero-order valence-electron chi connectivity index (χ0n) is 10.8. The molecule has 102 valence electrons. The Labute approximate surface area is 113 Å². The molecule has 0 saturated heterocycles. The lowest BCUT2D eigenvalue weighted by molar-refractivity contribution is 0.0988. The molecule has 5 heteroatoms. The summed E-state index contributed by atoms with van der Waals surface area (Å²) in [6.07, 6.45) is 3.65. The standard InChI is InChI=1S/C8H8N2O2.C6H11N/c9-7(11)5-1-2-6(4-3-5)8(10)12;1-3-5-7-6-4-2/h1-4H,(H2,9,11)(H2,10,12);3-4,7H,1-2,5-6H2. The second kappa shape index (κ2) is 9.61. The number of hydrogen-bond donors (Lipinski definition) is 3. The summed E-state index contributed by atoms with van der Waals surface area (Å²) in [6, 6.07) is 5.84. The molecule has 0 aliphatic carbocycles. The van der Waals surface area contributed by atoms with Crippen molar-refractivity contribution in [3.05, 3.63) is 60.7 Å². The minimum Gasteiger partial charge on any atom is -0.366 e. The molecular weight excluding hydrogens is 242 g/mol. The van der Waals surface area contributed by atoms with Crippen LogP contribution in [-0.2, 0) is 0 Å². The number of nitrogens with two attached hydrogens (primary N) is 2. The molecule has 0 radical (unpaired) electrons. The van der Waals surface area contributed by atoms with Gasteiger partial charge in [-0.1, -0.05) is 12.2 Å². The van der Waals surface area contributed by atoms with Gasteiger partial charge in [0.05, 0.1) is 0 Å². The molecule has 0 spiro atoms. The molecule has 0 fully saturated rings. The van der Waals surface area contributed by atoms with Crippen LogP contribution in [0.4, 0.5) is 0 Å². The Morgan fingerprint density at radius 3 is 1.47 bits per heavy atom. The highest BCUT2D eigenvalue weighted by Gasteiger charge is 2.02. The summed E-state index contributed by atoms with van der Waals surface area (Å²) in [4.78, 5) is 21.2. The molecule has 0 atom stereocenters. The van der Waals surface area contributed by atoms with Crippen molar-refractivity contribution in [2.45, 2.75) is 0 Å². The minimum atomic E-state index is -0.522. The van der Waals surface area contributed by atoms with Gasteiger partial charge in [-0.3, -0.25) is 9.59 Å². The third-order valence-corrected chi connectivity index (χ3v) is 2.03. The van der Waals surface area contributed by atoms with Crippen LogP contribution >= 0.6 is 0 Å². The monoisotopic (exact) mass is 261 g/mol. The topological polar surface area (TPSA) is 98.2 Å². The maximum absolute atomic E-state index is 10.6. The van der Waals surface area contributed by atoms with E-state index in [9.17, 15) is 9.59 Å². The van der Waals surface area contributed by atoms with E-state index in [1.807, 2.05) is 12.2 Å². The lowest BCUT2D eigenvalue weighted by Gasteiger charge is -1.96. The molecular formula is C14H19N3O2. The number of primary amides is 2. The largest absolute Gasteiger partial charge is 0.366 e. The second-order valence-corrected chi connectivity index (χ2v) is 3.54. The lowest BCUT2D eigenvalue weighted by atomic mass is 10.1. The number of carbonyl (C=O) groups is 2. The Hall–Kier alpha value is -2.40. The maximum atomic E-state index is 10.6. The highest BCUT2D eigenvalue weighted by Crippen LogP contribution is 2.02. The van der Waals surface area contributed by atoms with Gasteiger partial charge >= 0.3 is 0 Å². The Kier molecular flexibility index (Phi) is 8.40. The molecule has 0 aromatic heterocycles. The summed E-state index contributed by atoms with van der Waals surface area (Å²) >= 11 is 0. The number of nitrogens with one attached hydrogen (secondary N) is 1. The minimum absolute atomic E-state index is 0.361. The third kappa shape index (κ3) is 7.51. The van der Waals surface area contributed by atoms with Crippen LogP contribution in [-0.4, -0.2) is 24.9 Å². The van der Waals surface area contributed by atoms with Gasteiger partial charge in [-0.25, -0.2) is 0 Å². The first-order valence-corrected chi connectivity index (χ1v) is 5.65. The highest BCUT2D eigenvalue weighted by atomic mass is 16.1. The normalized spacial score (nSPS) is 8.84. The van der Waals surface area contributed by atoms with Crippen molar-refractivity contribution in [2.24, 2.45) is 11.5 Å². The Balaban J connectivity index is 0.000000399. The van der Waals surface area contributed by atoms with E-state index in [2.05, 4.69) is 18.5 Å². The molecule has 0 bridgehead atoms. The van der Waals surface area contributed by atoms with Crippen LogP contribution in [0, 0.1) is 0 Å². The van der Waals surface area contributed by atoms with Gasteiger partial charge in [0, 0.05) is 24.2 Å². The number of carbonyl (C=O) groups excluding carboxylic acids is 2. The van der Waals surface area contributed by atoms with E-state index >= 15 is 0 Å². The second-order valence-electron chi connectivity index (χ2n) is 3.54. The predicted octanol–water partition coefficient (Wildman–Crippen LogP) is 0.832. The molecule has 1 aromatic carbocycles. The summed E-state index contributed by atoms with van der Waals surface area (Å²) < 4.78 is 0. The summed E-state index contributed by atoms with van der Waals surface area (Å²) in [7, 11) is 0. The van der Waals surface area contributed by atoms with Crippen molar-refractivity contribution >= 4 is 11.8 Å². The first-order valence-electron chi connectivity index (χ1n) is 5.65. The third-order valence-electron chi connectivity index (χ3n) is 2.03. The SMILES string of the molecule is C=CCNCC=C.NC(=O)c1ccc(C(N)=O)cc1. The van der Waals surface area contributed by atoms with E-state index in [-0.39, 0.29) is 0 Å². The van der Waals surface area contributed by atoms with Gasteiger partial charge in [0.25, 0.3) is 0 Å². The quantitative estimate of drug-likeness (QED) is 0.522. The van der Waals surface area contributed by atoms with Crippen LogP contribution in [0.15, 0.2) is 49.6 Å². The zero-order chi connectivity index (χ0) is 14.7. The number of rotatable bonds is 6. The van der Waals surface area contributed by atoms with Crippen LogP contribution in [0.5, 0.6) is 0 Å². The fraction of sp³-hybridized carbons (Fsp3) is 0.143. The number of benzene rings is 1.